The first-order valence-electron chi connectivity index (χ1n) is 5.75. The fraction of sp³-hybridized carbons (Fsp3) is 0.462. The van der Waals surface area contributed by atoms with Gasteiger partial charge in [0.25, 0.3) is 5.91 Å². The molecule has 0 heterocycles. The lowest BCUT2D eigenvalue weighted by molar-refractivity contribution is 0.0929. The Morgan fingerprint density at radius 3 is 2.71 bits per heavy atom. The van der Waals surface area contributed by atoms with Crippen molar-refractivity contribution in [2.75, 3.05) is 6.61 Å². The van der Waals surface area contributed by atoms with Gasteiger partial charge in [-0.2, -0.15) is 0 Å². The average Bonchev–Trinajstić information content (AvgIpc) is 2.27. The fourth-order valence-corrected chi connectivity index (χ4v) is 2.28. The maximum Gasteiger partial charge on any atom is 0.251 e. The molecule has 0 fully saturated rings. The van der Waals surface area contributed by atoms with Gasteiger partial charge in [0.2, 0.25) is 0 Å². The van der Waals surface area contributed by atoms with Crippen LogP contribution in [-0.2, 0) is 0 Å². The Balaban J connectivity index is 2.75. The van der Waals surface area contributed by atoms with Crippen LogP contribution in [0.3, 0.4) is 0 Å². The minimum atomic E-state index is -0.0882. The number of benzene rings is 1. The van der Waals surface area contributed by atoms with Crippen molar-refractivity contribution in [3.63, 3.8) is 0 Å². The van der Waals surface area contributed by atoms with Gasteiger partial charge in [-0.05, 0) is 43.5 Å². The van der Waals surface area contributed by atoms with E-state index in [2.05, 4.69) is 21.2 Å². The summed E-state index contributed by atoms with van der Waals surface area (Å²) in [5, 5.41) is 11.8. The number of carbonyl (C=O) groups is 1. The third kappa shape index (κ3) is 4.48. The van der Waals surface area contributed by atoms with E-state index in [0.717, 1.165) is 16.5 Å². The first-order chi connectivity index (χ1) is 8.06. The molecule has 1 unspecified atom stereocenters. The first-order valence-corrected chi connectivity index (χ1v) is 6.55. The third-order valence-corrected chi connectivity index (χ3v) is 3.07. The number of rotatable bonds is 5. The lowest BCUT2D eigenvalue weighted by atomic mass is 10.1. The second-order valence-corrected chi connectivity index (χ2v) is 5.02. The smallest absolute Gasteiger partial charge is 0.251 e. The van der Waals surface area contributed by atoms with Crippen molar-refractivity contribution in [1.29, 1.82) is 0 Å². The molecule has 1 atom stereocenters. The van der Waals surface area contributed by atoms with Crippen molar-refractivity contribution in [2.24, 2.45) is 0 Å². The monoisotopic (exact) mass is 299 g/mol. The van der Waals surface area contributed by atoms with Crippen molar-refractivity contribution >= 4 is 21.8 Å². The third-order valence-electron chi connectivity index (χ3n) is 2.61. The van der Waals surface area contributed by atoms with Crippen LogP contribution in [-0.4, -0.2) is 23.7 Å². The summed E-state index contributed by atoms with van der Waals surface area (Å²) in [5.74, 6) is -0.0882. The van der Waals surface area contributed by atoms with Crippen LogP contribution < -0.4 is 5.32 Å². The topological polar surface area (TPSA) is 49.3 Å². The molecule has 0 aliphatic rings. The van der Waals surface area contributed by atoms with Crippen LogP contribution in [0, 0.1) is 6.92 Å². The summed E-state index contributed by atoms with van der Waals surface area (Å²) in [6.45, 7) is 4.04. The van der Waals surface area contributed by atoms with Gasteiger partial charge in [-0.3, -0.25) is 4.79 Å². The fourth-order valence-electron chi connectivity index (χ4n) is 1.67. The van der Waals surface area contributed by atoms with Gasteiger partial charge in [0, 0.05) is 22.7 Å². The largest absolute Gasteiger partial charge is 0.396 e. The summed E-state index contributed by atoms with van der Waals surface area (Å²) in [6.07, 6.45) is 1.41. The Morgan fingerprint density at radius 1 is 1.47 bits per heavy atom. The van der Waals surface area contributed by atoms with E-state index in [0.29, 0.717) is 12.0 Å². The predicted octanol–water partition coefficient (Wildman–Crippen LogP) is 2.65. The number of carbonyl (C=O) groups excluding carboxylic acids is 1. The van der Waals surface area contributed by atoms with Gasteiger partial charge in [0.1, 0.15) is 0 Å². The summed E-state index contributed by atoms with van der Waals surface area (Å²) >= 11 is 3.38. The summed E-state index contributed by atoms with van der Waals surface area (Å²) in [5.41, 5.74) is 1.69. The van der Waals surface area contributed by atoms with Crippen LogP contribution >= 0.6 is 15.9 Å². The molecular weight excluding hydrogens is 282 g/mol. The quantitative estimate of drug-likeness (QED) is 0.878. The molecular formula is C13H18BrNO2. The van der Waals surface area contributed by atoms with Gasteiger partial charge in [-0.25, -0.2) is 0 Å². The Hall–Kier alpha value is -0.870. The predicted molar refractivity (Wildman–Crippen MR) is 72.1 cm³/mol. The normalized spacial score (nSPS) is 12.2. The molecule has 0 aliphatic carbocycles. The van der Waals surface area contributed by atoms with Crippen molar-refractivity contribution in [3.8, 4) is 0 Å². The maximum absolute atomic E-state index is 12.0. The molecule has 1 amide bonds. The van der Waals surface area contributed by atoms with E-state index in [9.17, 15) is 4.79 Å². The molecule has 4 heteroatoms. The number of aliphatic hydroxyl groups excluding tert-OH is 1. The number of nitrogens with one attached hydrogen (secondary N) is 1. The van der Waals surface area contributed by atoms with Gasteiger partial charge in [0.15, 0.2) is 0 Å². The summed E-state index contributed by atoms with van der Waals surface area (Å²) < 4.78 is 0.901. The van der Waals surface area contributed by atoms with Gasteiger partial charge in [0.05, 0.1) is 0 Å². The van der Waals surface area contributed by atoms with Gasteiger partial charge < -0.3 is 10.4 Å². The molecule has 0 aromatic heterocycles. The van der Waals surface area contributed by atoms with E-state index in [1.165, 1.54) is 0 Å². The molecule has 0 spiro atoms. The highest BCUT2D eigenvalue weighted by Crippen LogP contribution is 2.15. The van der Waals surface area contributed by atoms with Gasteiger partial charge in [-0.1, -0.05) is 22.9 Å². The second kappa shape index (κ2) is 6.77. The van der Waals surface area contributed by atoms with Crippen LogP contribution in [0.25, 0.3) is 0 Å². The number of aliphatic hydroxyl groups is 1. The number of amides is 1. The molecule has 17 heavy (non-hydrogen) atoms. The minimum Gasteiger partial charge on any atom is -0.396 e. The number of aryl methyl sites for hydroxylation is 1. The molecule has 3 nitrogen and oxygen atoms in total. The minimum absolute atomic E-state index is 0.0341. The van der Waals surface area contributed by atoms with Gasteiger partial charge in [-0.15, -0.1) is 0 Å². The van der Waals surface area contributed by atoms with E-state index in [1.54, 1.807) is 6.07 Å². The number of hydrogen-bond donors (Lipinski definition) is 2. The molecule has 0 bridgehead atoms. The lowest BCUT2D eigenvalue weighted by Gasteiger charge is -2.16. The van der Waals surface area contributed by atoms with Crippen LogP contribution in [0.5, 0.6) is 0 Å². The Labute approximate surface area is 110 Å². The Kier molecular flexibility index (Phi) is 5.65. The SMILES string of the molecule is CCC(CCO)NC(=O)c1cc(C)cc(Br)c1. The number of halogens is 1. The van der Waals surface area contributed by atoms with Crippen molar-refractivity contribution in [1.82, 2.24) is 5.32 Å². The second-order valence-electron chi connectivity index (χ2n) is 4.11. The summed E-state index contributed by atoms with van der Waals surface area (Å²) in [6, 6.07) is 5.65. The van der Waals surface area contributed by atoms with Crippen molar-refractivity contribution < 1.29 is 9.90 Å². The molecule has 1 rings (SSSR count). The molecule has 1 aromatic rings. The molecule has 0 radical (unpaired) electrons. The van der Waals surface area contributed by atoms with E-state index in [-0.39, 0.29) is 18.6 Å². The van der Waals surface area contributed by atoms with Crippen molar-refractivity contribution in [3.05, 3.63) is 33.8 Å². The van der Waals surface area contributed by atoms with Crippen LogP contribution in [0.2, 0.25) is 0 Å². The van der Waals surface area contributed by atoms with E-state index < -0.39 is 0 Å². The summed E-state index contributed by atoms with van der Waals surface area (Å²) in [4.78, 5) is 12.0. The molecule has 0 saturated heterocycles. The van der Waals surface area contributed by atoms with Crippen LogP contribution in [0.4, 0.5) is 0 Å². The van der Waals surface area contributed by atoms with E-state index >= 15 is 0 Å². The molecule has 0 saturated carbocycles. The summed E-state index contributed by atoms with van der Waals surface area (Å²) in [7, 11) is 0. The highest BCUT2D eigenvalue weighted by atomic mass is 79.9. The zero-order chi connectivity index (χ0) is 12.8. The zero-order valence-corrected chi connectivity index (χ0v) is 11.8. The highest BCUT2D eigenvalue weighted by molar-refractivity contribution is 9.10. The average molecular weight is 300 g/mol. The highest BCUT2D eigenvalue weighted by Gasteiger charge is 2.12. The lowest BCUT2D eigenvalue weighted by Crippen LogP contribution is -2.35. The van der Waals surface area contributed by atoms with Crippen LogP contribution in [0.1, 0.15) is 35.7 Å². The van der Waals surface area contributed by atoms with E-state index in [4.69, 9.17) is 5.11 Å². The zero-order valence-electron chi connectivity index (χ0n) is 10.2. The van der Waals surface area contributed by atoms with E-state index in [1.807, 2.05) is 26.0 Å². The maximum atomic E-state index is 12.0. The molecule has 94 valence electrons. The molecule has 0 aliphatic heterocycles. The first kappa shape index (κ1) is 14.2. The molecule has 1 aromatic carbocycles. The van der Waals surface area contributed by atoms with Gasteiger partial charge >= 0.3 is 0 Å². The Bertz CT molecular complexity index is 373. The Morgan fingerprint density at radius 2 is 2.18 bits per heavy atom. The molecule has 2 N–H and O–H groups in total. The van der Waals surface area contributed by atoms with Crippen LogP contribution in [0.15, 0.2) is 22.7 Å². The number of hydrogen-bond acceptors (Lipinski definition) is 2. The van der Waals surface area contributed by atoms with Crippen molar-refractivity contribution in [2.45, 2.75) is 32.7 Å². The standard InChI is InChI=1S/C13H18BrNO2/c1-3-12(4-5-16)15-13(17)10-6-9(2)7-11(14)8-10/h6-8,12,16H,3-5H2,1-2H3,(H,15,17).